The Morgan fingerprint density at radius 3 is 2.38 bits per heavy atom. The topological polar surface area (TPSA) is 38.1 Å². The van der Waals surface area contributed by atoms with Crippen LogP contribution in [0.1, 0.15) is 48.2 Å². The zero-order valence-electron chi connectivity index (χ0n) is 14.7. The SMILES string of the molecule is CN(CC1CCCCC1)C(=O)c1ccc(-n2ccc(C(F)(F)F)n2)cc1. The van der Waals surface area contributed by atoms with E-state index in [-0.39, 0.29) is 5.91 Å². The average molecular weight is 365 g/mol. The number of alkyl halides is 3. The van der Waals surface area contributed by atoms with Gasteiger partial charge < -0.3 is 4.90 Å². The van der Waals surface area contributed by atoms with E-state index < -0.39 is 11.9 Å². The summed E-state index contributed by atoms with van der Waals surface area (Å²) in [6.45, 7) is 0.745. The molecule has 1 fully saturated rings. The molecule has 1 aromatic carbocycles. The predicted octanol–water partition coefficient (Wildman–Crippen LogP) is 4.54. The normalized spacial score (nSPS) is 15.8. The fourth-order valence-corrected chi connectivity index (χ4v) is 3.44. The Labute approximate surface area is 150 Å². The highest BCUT2D eigenvalue weighted by Gasteiger charge is 2.33. The van der Waals surface area contributed by atoms with E-state index in [1.54, 1.807) is 36.2 Å². The summed E-state index contributed by atoms with van der Waals surface area (Å²) < 4.78 is 39.1. The van der Waals surface area contributed by atoms with E-state index in [0.717, 1.165) is 30.1 Å². The molecule has 0 aliphatic heterocycles. The highest BCUT2D eigenvalue weighted by Crippen LogP contribution is 2.28. The van der Waals surface area contributed by atoms with E-state index >= 15 is 0 Å². The van der Waals surface area contributed by atoms with E-state index in [9.17, 15) is 18.0 Å². The molecule has 0 saturated heterocycles. The van der Waals surface area contributed by atoms with Gasteiger partial charge in [-0.25, -0.2) is 4.68 Å². The van der Waals surface area contributed by atoms with E-state index in [2.05, 4.69) is 5.10 Å². The van der Waals surface area contributed by atoms with Gasteiger partial charge in [-0.15, -0.1) is 0 Å². The van der Waals surface area contributed by atoms with Gasteiger partial charge in [0.1, 0.15) is 0 Å². The summed E-state index contributed by atoms with van der Waals surface area (Å²) in [5, 5.41) is 3.54. The first-order valence-electron chi connectivity index (χ1n) is 8.83. The van der Waals surface area contributed by atoms with Crippen LogP contribution in [0.4, 0.5) is 13.2 Å². The molecule has 0 spiro atoms. The third-order valence-corrected chi connectivity index (χ3v) is 4.86. The monoisotopic (exact) mass is 365 g/mol. The highest BCUT2D eigenvalue weighted by molar-refractivity contribution is 5.94. The number of carbonyl (C=O) groups excluding carboxylic acids is 1. The number of benzene rings is 1. The van der Waals surface area contributed by atoms with Gasteiger partial charge >= 0.3 is 6.18 Å². The van der Waals surface area contributed by atoms with Gasteiger partial charge in [0.25, 0.3) is 5.91 Å². The minimum Gasteiger partial charge on any atom is -0.341 e. The second kappa shape index (κ2) is 7.51. The van der Waals surface area contributed by atoms with Crippen LogP contribution in [0.25, 0.3) is 5.69 Å². The van der Waals surface area contributed by atoms with Gasteiger partial charge in [-0.1, -0.05) is 19.3 Å². The standard InChI is InChI=1S/C19H22F3N3O/c1-24(13-14-5-3-2-4-6-14)18(26)15-7-9-16(10-8-15)25-12-11-17(23-25)19(20,21)22/h7-12,14H,2-6,13H2,1H3. The van der Waals surface area contributed by atoms with Gasteiger partial charge in [0.05, 0.1) is 5.69 Å². The van der Waals surface area contributed by atoms with Crippen LogP contribution in [-0.2, 0) is 6.18 Å². The van der Waals surface area contributed by atoms with Crippen LogP contribution in [0.3, 0.4) is 0 Å². The summed E-state index contributed by atoms with van der Waals surface area (Å²) in [6.07, 6.45) is 2.85. The summed E-state index contributed by atoms with van der Waals surface area (Å²) in [6, 6.07) is 7.40. The molecule has 1 saturated carbocycles. The summed E-state index contributed by atoms with van der Waals surface area (Å²) in [7, 11) is 1.80. The molecule has 1 amide bonds. The lowest BCUT2D eigenvalue weighted by Crippen LogP contribution is -2.32. The molecule has 0 atom stereocenters. The third kappa shape index (κ3) is 4.26. The summed E-state index contributed by atoms with van der Waals surface area (Å²) in [5.41, 5.74) is 0.0621. The molecular weight excluding hydrogens is 343 g/mol. The minimum absolute atomic E-state index is 0.0708. The lowest BCUT2D eigenvalue weighted by molar-refractivity contribution is -0.141. The first-order chi connectivity index (χ1) is 12.3. The highest BCUT2D eigenvalue weighted by atomic mass is 19.4. The van der Waals surface area contributed by atoms with Crippen molar-refractivity contribution in [3.05, 3.63) is 47.8 Å². The van der Waals surface area contributed by atoms with Gasteiger partial charge in [-0.3, -0.25) is 4.79 Å². The molecule has 2 aromatic rings. The molecular formula is C19H22F3N3O. The number of hydrogen-bond donors (Lipinski definition) is 0. The van der Waals surface area contributed by atoms with Crippen molar-refractivity contribution >= 4 is 5.91 Å². The Bertz CT molecular complexity index is 746. The zero-order chi connectivity index (χ0) is 18.7. The molecule has 0 radical (unpaired) electrons. The maximum absolute atomic E-state index is 12.6. The molecule has 1 aliphatic carbocycles. The Kier molecular flexibility index (Phi) is 5.34. The van der Waals surface area contributed by atoms with Crippen LogP contribution in [0.2, 0.25) is 0 Å². The molecule has 1 aliphatic rings. The Morgan fingerprint density at radius 1 is 1.15 bits per heavy atom. The van der Waals surface area contributed by atoms with Gasteiger partial charge in [-0.05, 0) is 49.1 Å². The van der Waals surface area contributed by atoms with Crippen LogP contribution in [0, 0.1) is 5.92 Å². The van der Waals surface area contributed by atoms with Gasteiger partial charge in [0, 0.05) is 25.4 Å². The third-order valence-electron chi connectivity index (χ3n) is 4.86. The molecule has 1 aromatic heterocycles. The molecule has 7 heteroatoms. The maximum atomic E-state index is 12.6. The van der Waals surface area contributed by atoms with Crippen LogP contribution in [0.5, 0.6) is 0 Å². The van der Waals surface area contributed by atoms with E-state index in [4.69, 9.17) is 0 Å². The lowest BCUT2D eigenvalue weighted by atomic mass is 9.89. The fourth-order valence-electron chi connectivity index (χ4n) is 3.44. The molecule has 4 nitrogen and oxygen atoms in total. The molecule has 3 rings (SSSR count). The molecule has 0 bridgehead atoms. The molecule has 26 heavy (non-hydrogen) atoms. The number of carbonyl (C=O) groups is 1. The number of rotatable bonds is 4. The van der Waals surface area contributed by atoms with Crippen LogP contribution in [0.15, 0.2) is 36.5 Å². The van der Waals surface area contributed by atoms with Crippen molar-refractivity contribution in [3.8, 4) is 5.69 Å². The van der Waals surface area contributed by atoms with Crippen molar-refractivity contribution in [2.45, 2.75) is 38.3 Å². The van der Waals surface area contributed by atoms with Gasteiger partial charge in [0.15, 0.2) is 5.69 Å². The van der Waals surface area contributed by atoms with Crippen molar-refractivity contribution < 1.29 is 18.0 Å². The largest absolute Gasteiger partial charge is 0.435 e. The van der Waals surface area contributed by atoms with Crippen molar-refractivity contribution in [1.82, 2.24) is 14.7 Å². The number of hydrogen-bond acceptors (Lipinski definition) is 2. The molecule has 0 unspecified atom stereocenters. The van der Waals surface area contributed by atoms with Gasteiger partial charge in [0.2, 0.25) is 0 Å². The molecule has 0 N–H and O–H groups in total. The first kappa shape index (κ1) is 18.5. The zero-order valence-corrected chi connectivity index (χ0v) is 14.7. The summed E-state index contributed by atoms with van der Waals surface area (Å²) in [4.78, 5) is 14.3. The summed E-state index contributed by atoms with van der Waals surface area (Å²) >= 11 is 0. The van der Waals surface area contributed by atoms with Crippen molar-refractivity contribution in [3.63, 3.8) is 0 Å². The first-order valence-corrected chi connectivity index (χ1v) is 8.83. The molecule has 140 valence electrons. The summed E-state index contributed by atoms with van der Waals surface area (Å²) in [5.74, 6) is 0.486. The van der Waals surface area contributed by atoms with Gasteiger partial charge in [-0.2, -0.15) is 18.3 Å². The van der Waals surface area contributed by atoms with Crippen molar-refractivity contribution in [2.24, 2.45) is 5.92 Å². The predicted molar refractivity (Wildman–Crippen MR) is 92.1 cm³/mol. The number of halogens is 3. The number of aromatic nitrogens is 2. The van der Waals surface area contributed by atoms with Crippen LogP contribution in [-0.4, -0.2) is 34.2 Å². The Hall–Kier alpha value is -2.31. The smallest absolute Gasteiger partial charge is 0.341 e. The number of nitrogens with zero attached hydrogens (tertiary/aromatic N) is 3. The fraction of sp³-hybridized carbons (Fsp3) is 0.474. The second-order valence-electron chi connectivity index (χ2n) is 6.88. The quantitative estimate of drug-likeness (QED) is 0.798. The average Bonchev–Trinajstić information content (AvgIpc) is 3.12. The van der Waals surface area contributed by atoms with E-state index in [1.807, 2.05) is 0 Å². The van der Waals surface area contributed by atoms with E-state index in [1.165, 1.54) is 25.5 Å². The Morgan fingerprint density at radius 2 is 1.81 bits per heavy atom. The van der Waals surface area contributed by atoms with Crippen molar-refractivity contribution in [2.75, 3.05) is 13.6 Å². The molecule has 1 heterocycles. The minimum atomic E-state index is -4.47. The van der Waals surface area contributed by atoms with E-state index in [0.29, 0.717) is 17.2 Å². The van der Waals surface area contributed by atoms with Crippen LogP contribution < -0.4 is 0 Å². The van der Waals surface area contributed by atoms with Crippen molar-refractivity contribution in [1.29, 1.82) is 0 Å². The number of amides is 1. The maximum Gasteiger partial charge on any atom is 0.435 e. The van der Waals surface area contributed by atoms with Crippen LogP contribution >= 0.6 is 0 Å². The Balaban J connectivity index is 1.66. The lowest BCUT2D eigenvalue weighted by Gasteiger charge is -2.27. The second-order valence-corrected chi connectivity index (χ2v) is 6.88.